The van der Waals surface area contributed by atoms with Crippen LogP contribution >= 0.6 is 0 Å². The summed E-state index contributed by atoms with van der Waals surface area (Å²) in [5, 5.41) is 16.3. The third-order valence-electron chi connectivity index (χ3n) is 5.45. The molecular weight excluding hydrogens is 372 g/mol. The molecule has 1 fully saturated rings. The van der Waals surface area contributed by atoms with Crippen LogP contribution in [0, 0.1) is 24.2 Å². The van der Waals surface area contributed by atoms with E-state index < -0.39 is 0 Å². The van der Waals surface area contributed by atoms with Crippen molar-refractivity contribution in [3.63, 3.8) is 0 Å². The van der Waals surface area contributed by atoms with Gasteiger partial charge in [0, 0.05) is 36.6 Å². The van der Waals surface area contributed by atoms with Crippen LogP contribution in [-0.4, -0.2) is 35.6 Å². The fraction of sp³-hybridized carbons (Fsp3) is 0.542. The van der Waals surface area contributed by atoms with Crippen LogP contribution in [0.15, 0.2) is 24.3 Å². The summed E-state index contributed by atoms with van der Waals surface area (Å²) in [5.74, 6) is 2.24. The summed E-state index contributed by atoms with van der Waals surface area (Å²) in [5.41, 5.74) is 3.53. The number of rotatable bonds is 8. The molecule has 1 aromatic carbocycles. The molecule has 1 aromatic heterocycles. The molecule has 0 aliphatic carbocycles. The second-order valence-electron chi connectivity index (χ2n) is 8.64. The molecule has 0 radical (unpaired) electrons. The molecule has 1 aliphatic rings. The second-order valence-corrected chi connectivity index (χ2v) is 8.64. The Kier molecular flexibility index (Phi) is 7.64. The maximum absolute atomic E-state index is 9.32. The third-order valence-corrected chi connectivity index (χ3v) is 5.45. The molecule has 6 heteroatoms. The molecule has 2 aromatic rings. The predicted octanol–water partition coefficient (Wildman–Crippen LogP) is 4.57. The van der Waals surface area contributed by atoms with Crippen molar-refractivity contribution in [2.24, 2.45) is 5.92 Å². The highest BCUT2D eigenvalue weighted by atomic mass is 15.2. The van der Waals surface area contributed by atoms with Crippen molar-refractivity contribution in [2.45, 2.75) is 59.4 Å². The first-order valence-electron chi connectivity index (χ1n) is 11.1. The summed E-state index contributed by atoms with van der Waals surface area (Å²) >= 11 is 0. The van der Waals surface area contributed by atoms with Crippen molar-refractivity contribution in [1.29, 1.82) is 5.26 Å². The zero-order chi connectivity index (χ0) is 21.5. The minimum atomic E-state index is 0.498. The van der Waals surface area contributed by atoms with Crippen LogP contribution in [-0.2, 0) is 6.42 Å². The molecule has 0 bridgehead atoms. The smallest absolute Gasteiger partial charge is 0.229 e. The van der Waals surface area contributed by atoms with Crippen LogP contribution < -0.4 is 15.5 Å². The zero-order valence-corrected chi connectivity index (χ0v) is 18.7. The predicted molar refractivity (Wildman–Crippen MR) is 123 cm³/mol. The fourth-order valence-corrected chi connectivity index (χ4v) is 3.79. The minimum absolute atomic E-state index is 0.498. The number of nitrogens with zero attached hydrogens (tertiary/aromatic N) is 4. The van der Waals surface area contributed by atoms with E-state index in [2.05, 4.69) is 48.4 Å². The Hall–Kier alpha value is -2.65. The van der Waals surface area contributed by atoms with E-state index in [0.29, 0.717) is 23.5 Å². The molecule has 0 saturated carbocycles. The number of aryl methyl sites for hydroxylation is 2. The quantitative estimate of drug-likeness (QED) is 0.669. The lowest BCUT2D eigenvalue weighted by atomic mass is 10.0. The molecule has 6 nitrogen and oxygen atoms in total. The average Bonchev–Trinajstić information content (AvgIpc) is 2.74. The second kappa shape index (κ2) is 10.4. The summed E-state index contributed by atoms with van der Waals surface area (Å²) in [6.07, 6.45) is 4.33. The Morgan fingerprint density at radius 3 is 2.83 bits per heavy atom. The average molecular weight is 407 g/mol. The van der Waals surface area contributed by atoms with Gasteiger partial charge in [-0.2, -0.15) is 10.2 Å². The van der Waals surface area contributed by atoms with E-state index in [0.717, 1.165) is 61.7 Å². The van der Waals surface area contributed by atoms with Gasteiger partial charge in [0.15, 0.2) is 0 Å². The maximum atomic E-state index is 9.32. The summed E-state index contributed by atoms with van der Waals surface area (Å²) in [6.45, 7) is 11.6. The molecule has 1 unspecified atom stereocenters. The summed E-state index contributed by atoms with van der Waals surface area (Å²) in [7, 11) is 0. The molecule has 2 N–H and O–H groups in total. The van der Waals surface area contributed by atoms with Crippen molar-refractivity contribution >= 4 is 17.5 Å². The molecule has 0 spiro atoms. The number of aromatic nitrogens is 2. The van der Waals surface area contributed by atoms with Gasteiger partial charge < -0.3 is 15.5 Å². The van der Waals surface area contributed by atoms with Crippen molar-refractivity contribution < 1.29 is 0 Å². The largest absolute Gasteiger partial charge is 0.355 e. The summed E-state index contributed by atoms with van der Waals surface area (Å²) < 4.78 is 0. The van der Waals surface area contributed by atoms with Crippen LogP contribution in [0.4, 0.5) is 17.5 Å². The lowest BCUT2D eigenvalue weighted by Crippen LogP contribution is -2.47. The molecule has 1 aliphatic heterocycles. The molecule has 30 heavy (non-hydrogen) atoms. The monoisotopic (exact) mass is 406 g/mol. The first-order chi connectivity index (χ1) is 14.5. The van der Waals surface area contributed by atoms with Gasteiger partial charge >= 0.3 is 0 Å². The van der Waals surface area contributed by atoms with E-state index in [1.807, 2.05) is 25.1 Å². The standard InChI is InChI=1S/C24H34N6/c1-5-7-20-13-23(30-11-6-8-22(16-30)26-15-17(2)3)29-24(27-20)28-21-10-9-18(4)19(12-21)14-25/h9-10,12-13,17,22,26H,5-8,11,15-16H2,1-4H3,(H,27,28,29). The molecule has 1 saturated heterocycles. The van der Waals surface area contributed by atoms with E-state index in [4.69, 9.17) is 9.97 Å². The third kappa shape index (κ3) is 5.93. The van der Waals surface area contributed by atoms with Crippen molar-refractivity contribution in [3.05, 3.63) is 41.1 Å². The zero-order valence-electron chi connectivity index (χ0n) is 18.7. The Morgan fingerprint density at radius 1 is 1.27 bits per heavy atom. The Balaban J connectivity index is 1.81. The van der Waals surface area contributed by atoms with Gasteiger partial charge in [-0.15, -0.1) is 0 Å². The SMILES string of the molecule is CCCc1cc(N2CCCC(NCC(C)C)C2)nc(Nc2ccc(C)c(C#N)c2)n1. The van der Waals surface area contributed by atoms with Crippen molar-refractivity contribution in [3.8, 4) is 6.07 Å². The Morgan fingerprint density at radius 2 is 2.10 bits per heavy atom. The van der Waals surface area contributed by atoms with E-state index in [1.165, 1.54) is 6.42 Å². The van der Waals surface area contributed by atoms with Gasteiger partial charge in [0.2, 0.25) is 5.95 Å². The van der Waals surface area contributed by atoms with E-state index in [9.17, 15) is 5.26 Å². The summed E-state index contributed by atoms with van der Waals surface area (Å²) in [4.78, 5) is 11.9. The fourth-order valence-electron chi connectivity index (χ4n) is 3.79. The van der Waals surface area contributed by atoms with Crippen LogP contribution in [0.3, 0.4) is 0 Å². The van der Waals surface area contributed by atoms with Gasteiger partial charge in [-0.05, 0) is 56.3 Å². The van der Waals surface area contributed by atoms with Gasteiger partial charge in [0.1, 0.15) is 5.82 Å². The van der Waals surface area contributed by atoms with Gasteiger partial charge in [-0.3, -0.25) is 0 Å². The Labute approximate surface area is 180 Å². The summed E-state index contributed by atoms with van der Waals surface area (Å²) in [6, 6.07) is 10.7. The van der Waals surface area contributed by atoms with Gasteiger partial charge in [-0.1, -0.05) is 33.3 Å². The van der Waals surface area contributed by atoms with Crippen molar-refractivity contribution in [1.82, 2.24) is 15.3 Å². The maximum Gasteiger partial charge on any atom is 0.229 e. The van der Waals surface area contributed by atoms with E-state index in [1.54, 1.807) is 0 Å². The highest BCUT2D eigenvalue weighted by Crippen LogP contribution is 2.23. The minimum Gasteiger partial charge on any atom is -0.355 e. The van der Waals surface area contributed by atoms with Crippen LogP contribution in [0.25, 0.3) is 0 Å². The van der Waals surface area contributed by atoms with Crippen LogP contribution in [0.1, 0.15) is 56.9 Å². The molecule has 0 amide bonds. The van der Waals surface area contributed by atoms with E-state index >= 15 is 0 Å². The van der Waals surface area contributed by atoms with Gasteiger partial charge in [0.05, 0.1) is 11.6 Å². The molecular formula is C24H34N6. The number of piperidine rings is 1. The molecule has 3 rings (SSSR count). The highest BCUT2D eigenvalue weighted by molar-refractivity contribution is 5.59. The number of hydrogen-bond donors (Lipinski definition) is 2. The first-order valence-corrected chi connectivity index (χ1v) is 11.1. The highest BCUT2D eigenvalue weighted by Gasteiger charge is 2.22. The molecule has 1 atom stereocenters. The van der Waals surface area contributed by atoms with Gasteiger partial charge in [-0.25, -0.2) is 4.98 Å². The van der Waals surface area contributed by atoms with Crippen LogP contribution in [0.2, 0.25) is 0 Å². The van der Waals surface area contributed by atoms with E-state index in [-0.39, 0.29) is 0 Å². The number of hydrogen-bond acceptors (Lipinski definition) is 6. The number of nitrogens with one attached hydrogen (secondary N) is 2. The topological polar surface area (TPSA) is 76.9 Å². The van der Waals surface area contributed by atoms with Crippen molar-refractivity contribution in [2.75, 3.05) is 29.9 Å². The lowest BCUT2D eigenvalue weighted by molar-refractivity contribution is 0.398. The lowest BCUT2D eigenvalue weighted by Gasteiger charge is -2.34. The molecule has 160 valence electrons. The van der Waals surface area contributed by atoms with Crippen LogP contribution in [0.5, 0.6) is 0 Å². The molecule has 2 heterocycles. The Bertz CT molecular complexity index is 886. The first kappa shape index (κ1) is 22.0. The number of nitriles is 1. The number of anilines is 3. The number of benzene rings is 1. The normalized spacial score (nSPS) is 16.5. The van der Waals surface area contributed by atoms with Gasteiger partial charge in [0.25, 0.3) is 0 Å².